The highest BCUT2D eigenvalue weighted by Crippen LogP contribution is 2.37. The minimum absolute atomic E-state index is 0.713. The van der Waals surface area contributed by atoms with Crippen molar-refractivity contribution in [3.8, 4) is 0 Å². The van der Waals surface area contributed by atoms with Gasteiger partial charge in [-0.3, -0.25) is 0 Å². The zero-order chi connectivity index (χ0) is 13.0. The maximum atomic E-state index is 3.90. The van der Waals surface area contributed by atoms with Crippen LogP contribution in [0.1, 0.15) is 44.6 Å². The van der Waals surface area contributed by atoms with Gasteiger partial charge in [0, 0.05) is 9.30 Å². The molecule has 0 heterocycles. The molecule has 1 aliphatic carbocycles. The number of hydrogen-bond donors (Lipinski definition) is 0. The molecule has 1 aliphatic rings. The van der Waals surface area contributed by atoms with Gasteiger partial charge in [0.15, 0.2) is 0 Å². The van der Waals surface area contributed by atoms with E-state index in [-0.39, 0.29) is 0 Å². The molecule has 3 atom stereocenters. The monoisotopic (exact) mass is 372 g/mol. The highest BCUT2D eigenvalue weighted by Gasteiger charge is 2.28. The van der Waals surface area contributed by atoms with Gasteiger partial charge in [-0.05, 0) is 55.2 Å². The van der Waals surface area contributed by atoms with Crippen molar-refractivity contribution < 1.29 is 0 Å². The van der Waals surface area contributed by atoms with Crippen molar-refractivity contribution in [2.75, 3.05) is 0 Å². The summed E-state index contributed by atoms with van der Waals surface area (Å²) in [4.78, 5) is 0.713. The van der Waals surface area contributed by atoms with Gasteiger partial charge in [0.05, 0.1) is 0 Å². The smallest absolute Gasteiger partial charge is 0.0177 e. The van der Waals surface area contributed by atoms with Crippen LogP contribution in [-0.2, 0) is 6.42 Å². The van der Waals surface area contributed by atoms with Crippen molar-refractivity contribution in [3.63, 3.8) is 0 Å². The van der Waals surface area contributed by atoms with E-state index in [1.165, 1.54) is 48.6 Å². The number of hydrogen-bond acceptors (Lipinski definition) is 0. The second-order valence-corrected chi connectivity index (χ2v) is 7.67. The summed E-state index contributed by atoms with van der Waals surface area (Å²) in [5.74, 6) is 1.77. The van der Waals surface area contributed by atoms with Crippen molar-refractivity contribution >= 4 is 31.9 Å². The molecule has 0 radical (unpaired) electrons. The number of alkyl halides is 1. The van der Waals surface area contributed by atoms with Gasteiger partial charge < -0.3 is 0 Å². The van der Waals surface area contributed by atoms with E-state index < -0.39 is 0 Å². The maximum Gasteiger partial charge on any atom is 0.0177 e. The molecule has 0 aromatic heterocycles. The van der Waals surface area contributed by atoms with E-state index in [1.807, 2.05) is 0 Å². The standard InChI is InChI=1S/C16H22Br2/c1-2-4-12-7-8-16(18)14(9-12)10-13-5-3-6-15(17)11-13/h3,5-6,11-12,14,16H,2,4,7-10H2,1H3. The molecular formula is C16H22Br2. The summed E-state index contributed by atoms with van der Waals surface area (Å²) in [5.41, 5.74) is 1.47. The zero-order valence-electron chi connectivity index (χ0n) is 11.0. The third-order valence-corrected chi connectivity index (χ3v) is 5.78. The summed E-state index contributed by atoms with van der Waals surface area (Å²) in [7, 11) is 0. The topological polar surface area (TPSA) is 0 Å². The molecule has 2 rings (SSSR count). The molecule has 0 bridgehead atoms. The molecule has 3 unspecified atom stereocenters. The average Bonchev–Trinajstić information content (AvgIpc) is 2.34. The fourth-order valence-corrected chi connectivity index (χ4v) is 4.29. The third kappa shape index (κ3) is 4.09. The first kappa shape index (κ1) is 14.6. The van der Waals surface area contributed by atoms with Crippen molar-refractivity contribution in [3.05, 3.63) is 34.3 Å². The molecule has 18 heavy (non-hydrogen) atoms. The van der Waals surface area contributed by atoms with Gasteiger partial charge in [-0.1, -0.05) is 63.8 Å². The molecule has 0 amide bonds. The first-order valence-corrected chi connectivity index (χ1v) is 8.78. The van der Waals surface area contributed by atoms with Crippen LogP contribution in [-0.4, -0.2) is 4.83 Å². The molecule has 1 saturated carbocycles. The van der Waals surface area contributed by atoms with Crippen LogP contribution in [0.5, 0.6) is 0 Å². The summed E-state index contributed by atoms with van der Waals surface area (Å²) in [6, 6.07) is 8.78. The lowest BCUT2D eigenvalue weighted by molar-refractivity contribution is 0.263. The average molecular weight is 374 g/mol. The van der Waals surface area contributed by atoms with Gasteiger partial charge in [0.25, 0.3) is 0 Å². The molecule has 2 heteroatoms. The molecule has 0 nitrogen and oxygen atoms in total. The zero-order valence-corrected chi connectivity index (χ0v) is 14.2. The van der Waals surface area contributed by atoms with E-state index in [9.17, 15) is 0 Å². The van der Waals surface area contributed by atoms with Crippen molar-refractivity contribution in [2.45, 2.75) is 50.3 Å². The van der Waals surface area contributed by atoms with Gasteiger partial charge >= 0.3 is 0 Å². The Morgan fingerprint density at radius 3 is 2.83 bits per heavy atom. The lowest BCUT2D eigenvalue weighted by Crippen LogP contribution is -2.26. The van der Waals surface area contributed by atoms with E-state index in [0.717, 1.165) is 11.8 Å². The highest BCUT2D eigenvalue weighted by molar-refractivity contribution is 9.10. The van der Waals surface area contributed by atoms with Crippen molar-refractivity contribution in [1.82, 2.24) is 0 Å². The van der Waals surface area contributed by atoms with E-state index in [1.54, 1.807) is 0 Å². The van der Waals surface area contributed by atoms with E-state index in [4.69, 9.17) is 0 Å². The highest BCUT2D eigenvalue weighted by atomic mass is 79.9. The molecule has 100 valence electrons. The largest absolute Gasteiger partial charge is 0.0888 e. The minimum atomic E-state index is 0.713. The molecule has 1 aromatic rings. The quantitative estimate of drug-likeness (QED) is 0.570. The Bertz CT molecular complexity index is 375. The summed E-state index contributed by atoms with van der Waals surface area (Å²) in [5, 5.41) is 0. The van der Waals surface area contributed by atoms with Crippen LogP contribution in [0, 0.1) is 11.8 Å². The van der Waals surface area contributed by atoms with Gasteiger partial charge in [-0.25, -0.2) is 0 Å². The van der Waals surface area contributed by atoms with Gasteiger partial charge in [0.1, 0.15) is 0 Å². The Balaban J connectivity index is 1.98. The predicted molar refractivity (Wildman–Crippen MR) is 86.3 cm³/mol. The molecule has 1 aromatic carbocycles. The van der Waals surface area contributed by atoms with E-state index in [0.29, 0.717) is 4.83 Å². The van der Waals surface area contributed by atoms with Crippen LogP contribution in [0.25, 0.3) is 0 Å². The van der Waals surface area contributed by atoms with Crippen LogP contribution in [0.15, 0.2) is 28.7 Å². The Morgan fingerprint density at radius 1 is 1.28 bits per heavy atom. The molecule has 1 fully saturated rings. The van der Waals surface area contributed by atoms with Gasteiger partial charge in [-0.15, -0.1) is 0 Å². The second-order valence-electron chi connectivity index (χ2n) is 5.58. The number of rotatable bonds is 4. The van der Waals surface area contributed by atoms with Crippen LogP contribution in [0.2, 0.25) is 0 Å². The van der Waals surface area contributed by atoms with Crippen molar-refractivity contribution in [2.24, 2.45) is 11.8 Å². The SMILES string of the molecule is CCCC1CCC(Br)C(Cc2cccc(Br)c2)C1. The lowest BCUT2D eigenvalue weighted by atomic mass is 9.77. The Labute approximate surface area is 128 Å². The van der Waals surface area contributed by atoms with Crippen LogP contribution in [0.4, 0.5) is 0 Å². The van der Waals surface area contributed by atoms with Crippen LogP contribution >= 0.6 is 31.9 Å². The maximum absolute atomic E-state index is 3.90. The Hall–Kier alpha value is 0.180. The Kier molecular flexibility index (Phi) is 5.75. The van der Waals surface area contributed by atoms with E-state index in [2.05, 4.69) is 63.0 Å². The third-order valence-electron chi connectivity index (χ3n) is 4.08. The fourth-order valence-electron chi connectivity index (χ4n) is 3.17. The van der Waals surface area contributed by atoms with Crippen LogP contribution < -0.4 is 0 Å². The number of halogens is 2. The molecule has 0 aliphatic heterocycles. The van der Waals surface area contributed by atoms with Gasteiger partial charge in [0.2, 0.25) is 0 Å². The summed E-state index contributed by atoms with van der Waals surface area (Å²) in [6.45, 7) is 2.31. The van der Waals surface area contributed by atoms with E-state index >= 15 is 0 Å². The predicted octanol–water partition coefficient (Wildman–Crippen LogP) is 5.97. The van der Waals surface area contributed by atoms with Gasteiger partial charge in [-0.2, -0.15) is 0 Å². The second kappa shape index (κ2) is 7.09. The normalized spacial score (nSPS) is 28.3. The molecule has 0 spiro atoms. The first-order chi connectivity index (χ1) is 8.69. The summed E-state index contributed by atoms with van der Waals surface area (Å²) < 4.78 is 1.20. The first-order valence-electron chi connectivity index (χ1n) is 7.07. The van der Waals surface area contributed by atoms with Crippen molar-refractivity contribution in [1.29, 1.82) is 0 Å². The summed E-state index contributed by atoms with van der Waals surface area (Å²) in [6.07, 6.45) is 8.13. The number of benzene rings is 1. The minimum Gasteiger partial charge on any atom is -0.0888 e. The summed E-state index contributed by atoms with van der Waals surface area (Å²) >= 11 is 7.46. The fraction of sp³-hybridized carbons (Fsp3) is 0.625. The van der Waals surface area contributed by atoms with Crippen LogP contribution in [0.3, 0.4) is 0 Å². The molecule has 0 N–H and O–H groups in total. The Morgan fingerprint density at radius 2 is 2.11 bits per heavy atom. The lowest BCUT2D eigenvalue weighted by Gasteiger charge is -2.33. The molecular weight excluding hydrogens is 352 g/mol. The molecule has 0 saturated heterocycles.